The van der Waals surface area contributed by atoms with Crippen molar-refractivity contribution in [2.75, 3.05) is 20.2 Å². The second-order valence-corrected chi connectivity index (χ2v) is 6.10. The average Bonchev–Trinajstić information content (AvgIpc) is 2.89. The van der Waals surface area contributed by atoms with Crippen LogP contribution in [-0.4, -0.2) is 43.1 Å². The molecule has 5 nitrogen and oxygen atoms in total. The molecule has 1 aromatic rings. The summed E-state index contributed by atoms with van der Waals surface area (Å²) < 4.78 is 5.42. The Bertz CT molecular complexity index is 538. The molecule has 2 rings (SSSR count). The van der Waals surface area contributed by atoms with Crippen LogP contribution in [-0.2, 0) is 4.74 Å². The minimum absolute atomic E-state index is 0.0638. The van der Waals surface area contributed by atoms with E-state index in [0.29, 0.717) is 23.7 Å². The molecule has 1 fully saturated rings. The quantitative estimate of drug-likeness (QED) is 0.765. The molecule has 1 atom stereocenters. The van der Waals surface area contributed by atoms with E-state index in [0.717, 1.165) is 9.99 Å². The van der Waals surface area contributed by atoms with Gasteiger partial charge in [0.2, 0.25) is 0 Å². The predicted octanol–water partition coefficient (Wildman–Crippen LogP) is 2.52. The number of alkyl carbamates (subject to hydrolysis) is 1. The van der Waals surface area contributed by atoms with Crippen LogP contribution in [0.3, 0.4) is 0 Å². The van der Waals surface area contributed by atoms with Crippen LogP contribution >= 0.6 is 34.2 Å². The summed E-state index contributed by atoms with van der Waals surface area (Å²) in [5.41, 5.74) is 0.594. The molecule has 0 aromatic heterocycles. The highest BCUT2D eigenvalue weighted by atomic mass is 127. The topological polar surface area (TPSA) is 58.6 Å². The number of ether oxygens (including phenoxy) is 1. The number of hydrogen-bond acceptors (Lipinski definition) is 3. The van der Waals surface area contributed by atoms with Crippen molar-refractivity contribution in [2.24, 2.45) is 0 Å². The summed E-state index contributed by atoms with van der Waals surface area (Å²) in [6, 6.07) is 5.18. The van der Waals surface area contributed by atoms with Crippen LogP contribution in [0.15, 0.2) is 18.2 Å². The monoisotopic (exact) mass is 408 g/mol. The number of halogens is 2. The maximum atomic E-state index is 12.4. The van der Waals surface area contributed by atoms with Crippen LogP contribution in [0.4, 0.5) is 4.79 Å². The minimum atomic E-state index is -0.471. The lowest BCUT2D eigenvalue weighted by Crippen LogP contribution is -2.38. The number of likely N-dealkylation sites (tertiary alicyclic amines) is 1. The molecule has 2 amide bonds. The largest absolute Gasteiger partial charge is 0.453 e. The number of amides is 2. The lowest BCUT2D eigenvalue weighted by Gasteiger charge is -2.17. The SMILES string of the molecule is COC(=O)NC1CCN(C(=O)c2cc(Cl)ccc2I)C1. The van der Waals surface area contributed by atoms with E-state index in [1.54, 1.807) is 17.0 Å². The Labute approximate surface area is 135 Å². The van der Waals surface area contributed by atoms with Crippen LogP contribution in [0.25, 0.3) is 0 Å². The summed E-state index contributed by atoms with van der Waals surface area (Å²) in [5.74, 6) is -0.0638. The Balaban J connectivity index is 2.04. The van der Waals surface area contributed by atoms with Crippen molar-refractivity contribution in [1.29, 1.82) is 0 Å². The van der Waals surface area contributed by atoms with Gasteiger partial charge in [-0.3, -0.25) is 4.79 Å². The van der Waals surface area contributed by atoms with Crippen molar-refractivity contribution in [3.63, 3.8) is 0 Å². The third-order valence-corrected chi connectivity index (χ3v) is 4.32. The lowest BCUT2D eigenvalue weighted by molar-refractivity contribution is 0.0787. The van der Waals surface area contributed by atoms with Crippen molar-refractivity contribution >= 4 is 46.2 Å². The molecule has 1 heterocycles. The van der Waals surface area contributed by atoms with E-state index < -0.39 is 6.09 Å². The van der Waals surface area contributed by atoms with Gasteiger partial charge in [-0.05, 0) is 47.2 Å². The molecule has 7 heteroatoms. The van der Waals surface area contributed by atoms with Gasteiger partial charge in [0.05, 0.1) is 18.7 Å². The standard InChI is InChI=1S/C13H14ClIN2O3/c1-20-13(19)16-9-4-5-17(7-9)12(18)10-6-8(14)2-3-11(10)15/h2-3,6,9H,4-5,7H2,1H3,(H,16,19). The van der Waals surface area contributed by atoms with E-state index in [9.17, 15) is 9.59 Å². The maximum Gasteiger partial charge on any atom is 0.407 e. The molecule has 1 saturated heterocycles. The van der Waals surface area contributed by atoms with Gasteiger partial charge in [-0.25, -0.2) is 4.79 Å². The highest BCUT2D eigenvalue weighted by Gasteiger charge is 2.29. The zero-order valence-corrected chi connectivity index (χ0v) is 13.8. The number of methoxy groups -OCH3 is 1. The number of benzene rings is 1. The second-order valence-electron chi connectivity index (χ2n) is 4.50. The average molecular weight is 409 g/mol. The molecule has 0 aliphatic carbocycles. The van der Waals surface area contributed by atoms with Gasteiger partial charge in [0.25, 0.3) is 5.91 Å². The van der Waals surface area contributed by atoms with Crippen molar-refractivity contribution in [1.82, 2.24) is 10.2 Å². The van der Waals surface area contributed by atoms with Gasteiger partial charge in [0.15, 0.2) is 0 Å². The van der Waals surface area contributed by atoms with Gasteiger partial charge in [0, 0.05) is 21.7 Å². The van der Waals surface area contributed by atoms with Crippen LogP contribution in [0.5, 0.6) is 0 Å². The summed E-state index contributed by atoms with van der Waals surface area (Å²) in [5, 5.41) is 3.25. The normalized spacial score (nSPS) is 17.9. The molecule has 1 aliphatic rings. The molecule has 0 spiro atoms. The van der Waals surface area contributed by atoms with Crippen LogP contribution < -0.4 is 5.32 Å². The third kappa shape index (κ3) is 3.54. The van der Waals surface area contributed by atoms with Gasteiger partial charge in [0.1, 0.15) is 0 Å². The van der Waals surface area contributed by atoms with Crippen LogP contribution in [0, 0.1) is 3.57 Å². The Hall–Kier alpha value is -1.02. The Kier molecular flexibility index (Phi) is 5.09. The van der Waals surface area contributed by atoms with Gasteiger partial charge in [-0.15, -0.1) is 0 Å². The molecule has 20 heavy (non-hydrogen) atoms. The highest BCUT2D eigenvalue weighted by Crippen LogP contribution is 2.21. The van der Waals surface area contributed by atoms with Crippen molar-refractivity contribution < 1.29 is 14.3 Å². The van der Waals surface area contributed by atoms with Gasteiger partial charge in [-0.2, -0.15) is 0 Å². The number of nitrogens with one attached hydrogen (secondary N) is 1. The summed E-state index contributed by atoms with van der Waals surface area (Å²) >= 11 is 8.05. The van der Waals surface area contributed by atoms with E-state index in [1.165, 1.54) is 7.11 Å². The number of nitrogens with zero attached hydrogens (tertiary/aromatic N) is 1. The Morgan fingerprint density at radius 1 is 1.50 bits per heavy atom. The number of rotatable bonds is 2. The van der Waals surface area contributed by atoms with E-state index in [-0.39, 0.29) is 11.9 Å². The zero-order valence-electron chi connectivity index (χ0n) is 10.9. The first-order chi connectivity index (χ1) is 9.51. The molecule has 1 N–H and O–H groups in total. The molecule has 108 valence electrons. The molecule has 1 unspecified atom stereocenters. The first-order valence-corrected chi connectivity index (χ1v) is 7.55. The fraction of sp³-hybridized carbons (Fsp3) is 0.385. The highest BCUT2D eigenvalue weighted by molar-refractivity contribution is 14.1. The first kappa shape index (κ1) is 15.4. The number of hydrogen-bond donors (Lipinski definition) is 1. The molecule has 1 aromatic carbocycles. The van der Waals surface area contributed by atoms with E-state index in [2.05, 4.69) is 32.6 Å². The molecular weight excluding hydrogens is 395 g/mol. The third-order valence-electron chi connectivity index (χ3n) is 3.14. The van der Waals surface area contributed by atoms with E-state index >= 15 is 0 Å². The second kappa shape index (κ2) is 6.62. The summed E-state index contributed by atoms with van der Waals surface area (Å²) in [6.45, 7) is 1.09. The molecule has 0 bridgehead atoms. The van der Waals surface area contributed by atoms with Gasteiger partial charge >= 0.3 is 6.09 Å². The molecular formula is C13H14ClIN2O3. The number of carbonyl (C=O) groups is 2. The lowest BCUT2D eigenvalue weighted by atomic mass is 10.2. The smallest absolute Gasteiger partial charge is 0.407 e. The zero-order chi connectivity index (χ0) is 14.7. The van der Waals surface area contributed by atoms with Crippen LogP contribution in [0.1, 0.15) is 16.8 Å². The minimum Gasteiger partial charge on any atom is -0.453 e. The Morgan fingerprint density at radius 3 is 2.95 bits per heavy atom. The van der Waals surface area contributed by atoms with E-state index in [1.807, 2.05) is 6.07 Å². The molecule has 0 radical (unpaired) electrons. The van der Waals surface area contributed by atoms with Crippen molar-refractivity contribution in [3.8, 4) is 0 Å². The fourth-order valence-corrected chi connectivity index (χ4v) is 2.86. The fourth-order valence-electron chi connectivity index (χ4n) is 2.12. The summed E-state index contributed by atoms with van der Waals surface area (Å²) in [4.78, 5) is 25.3. The van der Waals surface area contributed by atoms with Crippen molar-refractivity contribution in [3.05, 3.63) is 32.4 Å². The summed E-state index contributed by atoms with van der Waals surface area (Å²) in [6.07, 6.45) is 0.250. The number of carbonyl (C=O) groups excluding carboxylic acids is 2. The Morgan fingerprint density at radius 2 is 2.25 bits per heavy atom. The van der Waals surface area contributed by atoms with Crippen molar-refractivity contribution in [2.45, 2.75) is 12.5 Å². The van der Waals surface area contributed by atoms with Crippen LogP contribution in [0.2, 0.25) is 5.02 Å². The van der Waals surface area contributed by atoms with Gasteiger partial charge in [-0.1, -0.05) is 11.6 Å². The van der Waals surface area contributed by atoms with Gasteiger partial charge < -0.3 is 15.0 Å². The summed E-state index contributed by atoms with van der Waals surface area (Å²) in [7, 11) is 1.32. The molecule has 1 aliphatic heterocycles. The maximum absolute atomic E-state index is 12.4. The molecule has 0 saturated carbocycles. The predicted molar refractivity (Wildman–Crippen MR) is 84.0 cm³/mol. The first-order valence-electron chi connectivity index (χ1n) is 6.10. The van der Waals surface area contributed by atoms with E-state index in [4.69, 9.17) is 11.6 Å².